The molecule has 1 aromatic rings. The van der Waals surface area contributed by atoms with Gasteiger partial charge in [-0.25, -0.2) is 4.79 Å². The van der Waals surface area contributed by atoms with Crippen LogP contribution in [0.25, 0.3) is 6.08 Å². The quantitative estimate of drug-likeness (QED) is 0.831. The molecule has 2 N–H and O–H groups in total. The molecule has 6 heteroatoms. The summed E-state index contributed by atoms with van der Waals surface area (Å²) < 4.78 is 5.07. The van der Waals surface area contributed by atoms with Gasteiger partial charge in [-0.1, -0.05) is 19.1 Å². The van der Waals surface area contributed by atoms with Crippen molar-refractivity contribution in [1.82, 2.24) is 10.2 Å². The lowest BCUT2D eigenvalue weighted by molar-refractivity contribution is -0.116. The van der Waals surface area contributed by atoms with Gasteiger partial charge in [0.25, 0.3) is 5.91 Å². The van der Waals surface area contributed by atoms with E-state index in [4.69, 9.17) is 10.1 Å². The average molecular weight is 287 g/mol. The van der Waals surface area contributed by atoms with Crippen molar-refractivity contribution >= 4 is 23.8 Å². The topological polar surface area (TPSA) is 82.5 Å². The van der Waals surface area contributed by atoms with E-state index in [1.165, 1.54) is 4.90 Å². The molecule has 1 fully saturated rings. The first-order valence-electron chi connectivity index (χ1n) is 6.64. The molecule has 6 nitrogen and oxygen atoms in total. The van der Waals surface area contributed by atoms with Crippen LogP contribution in [0.3, 0.4) is 0 Å². The van der Waals surface area contributed by atoms with Crippen molar-refractivity contribution in [2.24, 2.45) is 0 Å². The molecule has 1 saturated heterocycles. The molecule has 0 unspecified atom stereocenters. The Hall–Kier alpha value is -2.63. The summed E-state index contributed by atoms with van der Waals surface area (Å²) in [4.78, 5) is 24.9. The van der Waals surface area contributed by atoms with Gasteiger partial charge in [0.1, 0.15) is 11.6 Å². The first-order chi connectivity index (χ1) is 10.1. The smallest absolute Gasteiger partial charge is 0.329 e. The Labute approximate surface area is 122 Å². The maximum Gasteiger partial charge on any atom is 0.329 e. The van der Waals surface area contributed by atoms with Crippen LogP contribution in [0.4, 0.5) is 4.79 Å². The van der Waals surface area contributed by atoms with Gasteiger partial charge in [-0.15, -0.1) is 0 Å². The second kappa shape index (κ2) is 6.21. The maximum atomic E-state index is 11.9. The Morgan fingerprint density at radius 2 is 1.95 bits per heavy atom. The summed E-state index contributed by atoms with van der Waals surface area (Å²) in [6.45, 7) is 2.31. The van der Waals surface area contributed by atoms with Crippen molar-refractivity contribution in [3.8, 4) is 5.75 Å². The van der Waals surface area contributed by atoms with Gasteiger partial charge in [-0.05, 0) is 30.2 Å². The zero-order valence-corrected chi connectivity index (χ0v) is 12.0. The van der Waals surface area contributed by atoms with Crippen LogP contribution >= 0.6 is 0 Å². The standard InChI is InChI=1S/C15H17N3O3/c1-3-8-18-13(16)12(14(19)17-15(18)20)9-10-4-6-11(21-2)7-5-10/h4-7,9,16H,3,8H2,1-2H3,(H,17,19,20)/b12-9-,16-13?. The number of hydrogen-bond donors (Lipinski definition) is 2. The van der Waals surface area contributed by atoms with Crippen LogP contribution in [-0.4, -0.2) is 36.3 Å². The predicted octanol–water partition coefficient (Wildman–Crippen LogP) is 2.02. The first-order valence-corrected chi connectivity index (χ1v) is 6.64. The van der Waals surface area contributed by atoms with Crippen LogP contribution in [0.1, 0.15) is 18.9 Å². The Balaban J connectivity index is 2.30. The summed E-state index contributed by atoms with van der Waals surface area (Å²) in [5.41, 5.74) is 0.935. The van der Waals surface area contributed by atoms with Crippen molar-refractivity contribution in [2.75, 3.05) is 13.7 Å². The van der Waals surface area contributed by atoms with Gasteiger partial charge in [0.05, 0.1) is 12.7 Å². The Morgan fingerprint density at radius 3 is 2.52 bits per heavy atom. The van der Waals surface area contributed by atoms with Gasteiger partial charge in [0.15, 0.2) is 0 Å². The third-order valence-electron chi connectivity index (χ3n) is 3.11. The van der Waals surface area contributed by atoms with Gasteiger partial charge in [0.2, 0.25) is 0 Å². The van der Waals surface area contributed by atoms with Gasteiger partial charge >= 0.3 is 6.03 Å². The highest BCUT2D eigenvalue weighted by Gasteiger charge is 2.32. The van der Waals surface area contributed by atoms with Crippen molar-refractivity contribution in [2.45, 2.75) is 13.3 Å². The van der Waals surface area contributed by atoms with E-state index < -0.39 is 11.9 Å². The van der Waals surface area contributed by atoms with E-state index in [0.29, 0.717) is 18.7 Å². The van der Waals surface area contributed by atoms with Crippen molar-refractivity contribution in [1.29, 1.82) is 5.41 Å². The van der Waals surface area contributed by atoms with E-state index in [1.54, 1.807) is 37.5 Å². The molecule has 1 aromatic carbocycles. The molecule has 21 heavy (non-hydrogen) atoms. The third kappa shape index (κ3) is 3.10. The van der Waals surface area contributed by atoms with Gasteiger partial charge in [-0.3, -0.25) is 20.4 Å². The molecule has 3 amide bonds. The number of amides is 3. The highest BCUT2D eigenvalue weighted by Crippen LogP contribution is 2.17. The number of urea groups is 1. The lowest BCUT2D eigenvalue weighted by Gasteiger charge is -2.28. The van der Waals surface area contributed by atoms with E-state index in [9.17, 15) is 9.59 Å². The molecular weight excluding hydrogens is 270 g/mol. The molecule has 0 radical (unpaired) electrons. The van der Waals surface area contributed by atoms with Crippen molar-refractivity contribution in [3.05, 3.63) is 35.4 Å². The van der Waals surface area contributed by atoms with Crippen molar-refractivity contribution < 1.29 is 14.3 Å². The summed E-state index contributed by atoms with van der Waals surface area (Å²) in [5, 5.41) is 10.3. The average Bonchev–Trinajstić information content (AvgIpc) is 2.48. The third-order valence-corrected chi connectivity index (χ3v) is 3.11. The fourth-order valence-electron chi connectivity index (χ4n) is 2.02. The van der Waals surface area contributed by atoms with E-state index >= 15 is 0 Å². The number of amidine groups is 1. The molecule has 1 aliphatic heterocycles. The number of carbonyl (C=O) groups excluding carboxylic acids is 2. The van der Waals surface area contributed by atoms with Crippen LogP contribution in [0.5, 0.6) is 5.75 Å². The lowest BCUT2D eigenvalue weighted by Crippen LogP contribution is -2.54. The molecule has 0 bridgehead atoms. The molecule has 0 aliphatic carbocycles. The molecule has 110 valence electrons. The van der Waals surface area contributed by atoms with Crippen LogP contribution in [0, 0.1) is 5.41 Å². The normalized spacial score (nSPS) is 17.1. The van der Waals surface area contributed by atoms with E-state index in [2.05, 4.69) is 5.32 Å². The summed E-state index contributed by atoms with van der Waals surface area (Å²) in [7, 11) is 1.58. The number of imide groups is 1. The van der Waals surface area contributed by atoms with Gasteiger partial charge in [-0.2, -0.15) is 0 Å². The number of carbonyl (C=O) groups is 2. The second-order valence-electron chi connectivity index (χ2n) is 4.59. The Morgan fingerprint density at radius 1 is 1.29 bits per heavy atom. The monoisotopic (exact) mass is 287 g/mol. The highest BCUT2D eigenvalue weighted by molar-refractivity contribution is 6.31. The number of ether oxygens (including phenoxy) is 1. The Kier molecular flexibility index (Phi) is 4.37. The molecule has 1 heterocycles. The molecule has 0 spiro atoms. The van der Waals surface area contributed by atoms with Gasteiger partial charge in [0, 0.05) is 6.54 Å². The number of hydrogen-bond acceptors (Lipinski definition) is 4. The van der Waals surface area contributed by atoms with E-state index in [0.717, 1.165) is 5.56 Å². The predicted molar refractivity (Wildman–Crippen MR) is 79.2 cm³/mol. The molecule has 2 rings (SSSR count). The van der Waals surface area contributed by atoms with E-state index in [1.807, 2.05) is 6.92 Å². The zero-order chi connectivity index (χ0) is 15.4. The minimum Gasteiger partial charge on any atom is -0.497 e. The number of rotatable bonds is 4. The Bertz CT molecular complexity index is 605. The minimum atomic E-state index is -0.548. The SMILES string of the molecule is CCCN1C(=N)/C(=C/c2ccc(OC)cc2)C(=O)NC1=O. The fraction of sp³-hybridized carbons (Fsp3) is 0.267. The molecule has 0 aromatic heterocycles. The first kappa shape index (κ1) is 14.8. The molecule has 0 atom stereocenters. The zero-order valence-electron chi connectivity index (χ0n) is 12.0. The summed E-state index contributed by atoms with van der Waals surface area (Å²) in [6, 6.07) is 6.57. The van der Waals surface area contributed by atoms with Crippen LogP contribution in [0.2, 0.25) is 0 Å². The summed E-state index contributed by atoms with van der Waals surface area (Å²) in [5.74, 6) is 0.0951. The maximum absolute atomic E-state index is 11.9. The van der Waals surface area contributed by atoms with E-state index in [-0.39, 0.29) is 11.4 Å². The fourth-order valence-corrected chi connectivity index (χ4v) is 2.02. The number of nitrogens with one attached hydrogen (secondary N) is 2. The lowest BCUT2D eigenvalue weighted by atomic mass is 10.1. The second-order valence-corrected chi connectivity index (χ2v) is 4.59. The molecule has 0 saturated carbocycles. The summed E-state index contributed by atoms with van der Waals surface area (Å²) in [6.07, 6.45) is 2.30. The number of nitrogens with zero attached hydrogens (tertiary/aromatic N) is 1. The van der Waals surface area contributed by atoms with Crippen molar-refractivity contribution in [3.63, 3.8) is 0 Å². The number of benzene rings is 1. The van der Waals surface area contributed by atoms with Crippen LogP contribution < -0.4 is 10.1 Å². The summed E-state index contributed by atoms with van der Waals surface area (Å²) >= 11 is 0. The largest absolute Gasteiger partial charge is 0.497 e. The number of methoxy groups -OCH3 is 1. The molecular formula is C15H17N3O3. The highest BCUT2D eigenvalue weighted by atomic mass is 16.5. The van der Waals surface area contributed by atoms with Crippen LogP contribution in [-0.2, 0) is 4.79 Å². The van der Waals surface area contributed by atoms with Gasteiger partial charge < -0.3 is 4.74 Å². The molecule has 1 aliphatic rings. The van der Waals surface area contributed by atoms with Crippen LogP contribution in [0.15, 0.2) is 29.8 Å². The minimum absolute atomic E-state index is 0.0681.